The molecule has 0 aliphatic carbocycles. The van der Waals surface area contributed by atoms with Crippen LogP contribution in [0.15, 0.2) is 0 Å². The van der Waals surface area contributed by atoms with Gasteiger partial charge in [-0.3, -0.25) is 0 Å². The van der Waals surface area contributed by atoms with Crippen LogP contribution in [0.5, 0.6) is 0 Å². The van der Waals surface area contributed by atoms with Gasteiger partial charge in [-0.25, -0.2) is 0 Å². The molecule has 0 amide bonds. The van der Waals surface area contributed by atoms with Crippen molar-refractivity contribution in [3.8, 4) is 0 Å². The highest BCUT2D eigenvalue weighted by Crippen LogP contribution is 2.40. The SMILES string of the molecule is CC(C)(C)C1CC2CN(C2)C1. The Kier molecular flexibility index (Phi) is 1.54. The summed E-state index contributed by atoms with van der Waals surface area (Å²) in [4.78, 5) is 2.60. The number of nitrogens with zero attached hydrogens (tertiary/aromatic N) is 1. The molecule has 3 heterocycles. The zero-order valence-corrected chi connectivity index (χ0v) is 7.93. The molecular formula is C10H19N. The predicted octanol–water partition coefficient (Wildman–Crippen LogP) is 1.98. The first-order valence-corrected chi connectivity index (χ1v) is 4.78. The van der Waals surface area contributed by atoms with Gasteiger partial charge < -0.3 is 4.90 Å². The van der Waals surface area contributed by atoms with Crippen LogP contribution in [0, 0.1) is 17.3 Å². The summed E-state index contributed by atoms with van der Waals surface area (Å²) in [6.45, 7) is 11.3. The molecular weight excluding hydrogens is 134 g/mol. The maximum Gasteiger partial charge on any atom is 0.00222 e. The van der Waals surface area contributed by atoms with Gasteiger partial charge in [-0.05, 0) is 23.7 Å². The van der Waals surface area contributed by atoms with Crippen LogP contribution in [0.25, 0.3) is 0 Å². The standard InChI is InChI=1S/C10H19N/c1-10(2,3)9-4-8-5-11(6-8)7-9/h8-9H,4-7H2,1-3H3. The first kappa shape index (κ1) is 7.60. The molecule has 11 heavy (non-hydrogen) atoms. The number of hydrogen-bond donors (Lipinski definition) is 0. The Bertz CT molecular complexity index is 141. The molecule has 2 bridgehead atoms. The van der Waals surface area contributed by atoms with Gasteiger partial charge in [0.1, 0.15) is 0 Å². The third-order valence-corrected chi connectivity index (χ3v) is 3.35. The molecule has 64 valence electrons. The minimum absolute atomic E-state index is 0.539. The average molecular weight is 153 g/mol. The summed E-state index contributed by atoms with van der Waals surface area (Å²) in [5, 5.41) is 0. The van der Waals surface area contributed by atoms with E-state index in [-0.39, 0.29) is 0 Å². The normalized spacial score (nSPS) is 43.4. The van der Waals surface area contributed by atoms with Gasteiger partial charge in [0, 0.05) is 19.6 Å². The molecule has 1 heteroatoms. The van der Waals surface area contributed by atoms with Gasteiger partial charge in [0.2, 0.25) is 0 Å². The van der Waals surface area contributed by atoms with Crippen molar-refractivity contribution < 1.29 is 0 Å². The quantitative estimate of drug-likeness (QED) is 0.514. The van der Waals surface area contributed by atoms with Crippen molar-refractivity contribution in [2.75, 3.05) is 19.6 Å². The van der Waals surface area contributed by atoms with Crippen molar-refractivity contribution >= 4 is 0 Å². The van der Waals surface area contributed by atoms with Crippen molar-refractivity contribution in [2.45, 2.75) is 27.2 Å². The summed E-state index contributed by atoms with van der Waals surface area (Å²) in [5.74, 6) is 2.00. The lowest BCUT2D eigenvalue weighted by molar-refractivity contribution is -0.0264. The van der Waals surface area contributed by atoms with Crippen molar-refractivity contribution in [3.05, 3.63) is 0 Å². The maximum atomic E-state index is 2.60. The fourth-order valence-electron chi connectivity index (χ4n) is 2.39. The summed E-state index contributed by atoms with van der Waals surface area (Å²) in [6, 6.07) is 0. The second kappa shape index (κ2) is 2.22. The number of fused-ring (bicyclic) bond motifs is 2. The molecule has 1 unspecified atom stereocenters. The largest absolute Gasteiger partial charge is 0.302 e. The van der Waals surface area contributed by atoms with Gasteiger partial charge in [0.25, 0.3) is 0 Å². The van der Waals surface area contributed by atoms with Crippen LogP contribution in [0.1, 0.15) is 27.2 Å². The zero-order valence-electron chi connectivity index (χ0n) is 7.93. The third-order valence-electron chi connectivity index (χ3n) is 3.35. The summed E-state index contributed by atoms with van der Waals surface area (Å²) < 4.78 is 0. The molecule has 3 saturated heterocycles. The molecule has 3 aliphatic heterocycles. The lowest BCUT2D eigenvalue weighted by Gasteiger charge is -2.51. The maximum absolute atomic E-state index is 2.60. The minimum Gasteiger partial charge on any atom is -0.302 e. The first-order chi connectivity index (χ1) is 5.05. The predicted molar refractivity (Wildman–Crippen MR) is 47.5 cm³/mol. The van der Waals surface area contributed by atoms with E-state index in [0.717, 1.165) is 11.8 Å². The lowest BCUT2D eigenvalue weighted by atomic mass is 9.70. The Morgan fingerprint density at radius 1 is 1.09 bits per heavy atom. The second-order valence-electron chi connectivity index (χ2n) is 5.38. The monoisotopic (exact) mass is 153 g/mol. The molecule has 0 aromatic rings. The van der Waals surface area contributed by atoms with E-state index in [4.69, 9.17) is 0 Å². The van der Waals surface area contributed by atoms with Gasteiger partial charge in [0.15, 0.2) is 0 Å². The Labute approximate surface area is 69.8 Å². The summed E-state index contributed by atoms with van der Waals surface area (Å²) >= 11 is 0. The van der Waals surface area contributed by atoms with Gasteiger partial charge in [-0.1, -0.05) is 20.8 Å². The van der Waals surface area contributed by atoms with Crippen LogP contribution in [0.3, 0.4) is 0 Å². The van der Waals surface area contributed by atoms with Crippen LogP contribution in [-0.4, -0.2) is 24.5 Å². The number of piperidine rings is 2. The molecule has 0 aromatic heterocycles. The molecule has 0 N–H and O–H groups in total. The van der Waals surface area contributed by atoms with E-state index in [0.29, 0.717) is 5.41 Å². The van der Waals surface area contributed by atoms with E-state index in [2.05, 4.69) is 25.7 Å². The zero-order chi connectivity index (χ0) is 8.06. The summed E-state index contributed by atoms with van der Waals surface area (Å²) in [6.07, 6.45) is 1.49. The van der Waals surface area contributed by atoms with E-state index in [9.17, 15) is 0 Å². The molecule has 0 saturated carbocycles. The fourth-order valence-corrected chi connectivity index (χ4v) is 2.39. The van der Waals surface area contributed by atoms with E-state index >= 15 is 0 Å². The average Bonchev–Trinajstić information content (AvgIpc) is 1.84. The summed E-state index contributed by atoms with van der Waals surface area (Å²) in [7, 11) is 0. The Morgan fingerprint density at radius 3 is 2.00 bits per heavy atom. The van der Waals surface area contributed by atoms with Crippen molar-refractivity contribution in [1.82, 2.24) is 4.90 Å². The smallest absolute Gasteiger partial charge is 0.00222 e. The molecule has 1 nitrogen and oxygen atoms in total. The third kappa shape index (κ3) is 1.31. The molecule has 1 atom stereocenters. The highest BCUT2D eigenvalue weighted by molar-refractivity contribution is 4.93. The van der Waals surface area contributed by atoms with Gasteiger partial charge in [0.05, 0.1) is 0 Å². The molecule has 3 aliphatic rings. The topological polar surface area (TPSA) is 3.24 Å². The highest BCUT2D eigenvalue weighted by Gasteiger charge is 2.40. The van der Waals surface area contributed by atoms with E-state index in [1.54, 1.807) is 0 Å². The highest BCUT2D eigenvalue weighted by atomic mass is 15.2. The summed E-state index contributed by atoms with van der Waals surface area (Å²) in [5.41, 5.74) is 0.539. The minimum atomic E-state index is 0.539. The van der Waals surface area contributed by atoms with Crippen LogP contribution in [-0.2, 0) is 0 Å². The number of hydrogen-bond acceptors (Lipinski definition) is 1. The van der Waals surface area contributed by atoms with E-state index in [1.807, 2.05) is 0 Å². The van der Waals surface area contributed by atoms with Crippen LogP contribution in [0.2, 0.25) is 0 Å². The second-order valence-corrected chi connectivity index (χ2v) is 5.38. The van der Waals surface area contributed by atoms with E-state index < -0.39 is 0 Å². The molecule has 0 radical (unpaired) electrons. The Balaban J connectivity index is 1.97. The molecule has 3 fully saturated rings. The van der Waals surface area contributed by atoms with Crippen LogP contribution in [0.4, 0.5) is 0 Å². The molecule has 0 spiro atoms. The van der Waals surface area contributed by atoms with Crippen molar-refractivity contribution in [1.29, 1.82) is 0 Å². The van der Waals surface area contributed by atoms with Crippen LogP contribution < -0.4 is 0 Å². The van der Waals surface area contributed by atoms with Gasteiger partial charge >= 0.3 is 0 Å². The number of rotatable bonds is 0. The Hall–Kier alpha value is -0.0400. The Morgan fingerprint density at radius 2 is 1.73 bits per heavy atom. The molecule has 0 aromatic carbocycles. The first-order valence-electron chi connectivity index (χ1n) is 4.78. The lowest BCUT2D eigenvalue weighted by Crippen LogP contribution is -2.56. The van der Waals surface area contributed by atoms with Crippen LogP contribution >= 0.6 is 0 Å². The van der Waals surface area contributed by atoms with Gasteiger partial charge in [-0.15, -0.1) is 0 Å². The van der Waals surface area contributed by atoms with E-state index in [1.165, 1.54) is 26.1 Å². The fraction of sp³-hybridized carbons (Fsp3) is 1.00. The van der Waals surface area contributed by atoms with Gasteiger partial charge in [-0.2, -0.15) is 0 Å². The van der Waals surface area contributed by atoms with Crippen molar-refractivity contribution in [3.63, 3.8) is 0 Å². The molecule has 3 rings (SSSR count). The van der Waals surface area contributed by atoms with Crippen molar-refractivity contribution in [2.24, 2.45) is 17.3 Å².